The van der Waals surface area contributed by atoms with Gasteiger partial charge in [0.05, 0.1) is 40.6 Å². The molecule has 4 aromatic heterocycles. The van der Waals surface area contributed by atoms with E-state index in [9.17, 15) is 18.0 Å². The number of nitrogens with one attached hydrogen (secondary N) is 2. The summed E-state index contributed by atoms with van der Waals surface area (Å²) in [6, 6.07) is 8.19. The number of anilines is 1. The van der Waals surface area contributed by atoms with Gasteiger partial charge >= 0.3 is 6.18 Å². The predicted molar refractivity (Wildman–Crippen MR) is 119 cm³/mol. The molecule has 8 nitrogen and oxygen atoms in total. The second kappa shape index (κ2) is 8.27. The quantitative estimate of drug-likeness (QED) is 0.369. The lowest BCUT2D eigenvalue weighted by Gasteiger charge is -2.14. The number of amides is 1. The summed E-state index contributed by atoms with van der Waals surface area (Å²) in [7, 11) is 0. The van der Waals surface area contributed by atoms with Crippen LogP contribution in [0.5, 0.6) is 0 Å². The number of hydrogen-bond acceptors (Lipinski definition) is 5. The zero-order chi connectivity index (χ0) is 23.9. The van der Waals surface area contributed by atoms with E-state index < -0.39 is 23.3 Å². The van der Waals surface area contributed by atoms with Crippen LogP contribution < -0.4 is 5.32 Å². The van der Waals surface area contributed by atoms with Crippen LogP contribution in [0.3, 0.4) is 0 Å². The van der Waals surface area contributed by atoms with E-state index in [1.165, 1.54) is 30.9 Å². The van der Waals surface area contributed by atoms with Gasteiger partial charge in [-0.05, 0) is 6.07 Å². The van der Waals surface area contributed by atoms with Crippen LogP contribution >= 0.6 is 11.6 Å². The Hall–Kier alpha value is -4.25. The number of imidazole rings is 1. The van der Waals surface area contributed by atoms with Crippen molar-refractivity contribution < 1.29 is 18.0 Å². The molecule has 5 rings (SSSR count). The van der Waals surface area contributed by atoms with Gasteiger partial charge in [0.25, 0.3) is 5.91 Å². The topological polar surface area (TPSA) is 101 Å². The van der Waals surface area contributed by atoms with E-state index in [1.54, 1.807) is 30.5 Å². The Morgan fingerprint density at radius 2 is 1.91 bits per heavy atom. The van der Waals surface area contributed by atoms with Crippen LogP contribution in [0.2, 0.25) is 5.02 Å². The number of aromatic amines is 1. The molecule has 0 radical (unpaired) electrons. The van der Waals surface area contributed by atoms with Crippen LogP contribution in [0, 0.1) is 0 Å². The van der Waals surface area contributed by atoms with E-state index in [0.717, 1.165) is 6.20 Å². The predicted octanol–water partition coefficient (Wildman–Crippen LogP) is 5.13. The third kappa shape index (κ3) is 3.86. The molecule has 0 aliphatic carbocycles. The Morgan fingerprint density at radius 1 is 1.09 bits per heavy atom. The molecule has 0 atom stereocenters. The van der Waals surface area contributed by atoms with Gasteiger partial charge in [-0.15, -0.1) is 0 Å². The van der Waals surface area contributed by atoms with Gasteiger partial charge in [-0.25, -0.2) is 14.6 Å². The van der Waals surface area contributed by atoms with Gasteiger partial charge in [0.2, 0.25) is 0 Å². The number of benzene rings is 1. The van der Waals surface area contributed by atoms with Crippen LogP contribution in [-0.2, 0) is 6.18 Å². The van der Waals surface area contributed by atoms with Crippen LogP contribution in [0.15, 0.2) is 67.5 Å². The van der Waals surface area contributed by atoms with E-state index in [0.29, 0.717) is 27.0 Å². The van der Waals surface area contributed by atoms with Gasteiger partial charge in [0.15, 0.2) is 11.5 Å². The first-order chi connectivity index (χ1) is 16.3. The van der Waals surface area contributed by atoms with Crippen LogP contribution in [0.4, 0.5) is 18.9 Å². The molecule has 1 aromatic carbocycles. The lowest BCUT2D eigenvalue weighted by Crippen LogP contribution is -2.21. The molecular weight excluding hydrogens is 471 g/mol. The molecule has 0 fully saturated rings. The molecular formula is C22H13ClF3N7O. The number of fused-ring (bicyclic) bond motifs is 1. The zero-order valence-corrected chi connectivity index (χ0v) is 17.8. The van der Waals surface area contributed by atoms with Gasteiger partial charge in [-0.3, -0.25) is 9.78 Å². The van der Waals surface area contributed by atoms with Crippen molar-refractivity contribution in [2.75, 3.05) is 5.32 Å². The van der Waals surface area contributed by atoms with Crippen molar-refractivity contribution in [3.05, 3.63) is 83.8 Å². The molecule has 0 aliphatic rings. The summed E-state index contributed by atoms with van der Waals surface area (Å²) in [4.78, 5) is 27.9. The van der Waals surface area contributed by atoms with Gasteiger partial charge in [-0.2, -0.15) is 18.3 Å². The smallest absolute Gasteiger partial charge is 0.343 e. The number of carbonyl (C=O) groups excluding carboxylic acids is 1. The SMILES string of the molecule is O=C(Nc1cnc(-c2ncc[nH]2)c(Cl)c1)c1cnn(-c2cncc3ccccc23)c1C(F)(F)F. The Kier molecular flexibility index (Phi) is 5.25. The van der Waals surface area contributed by atoms with E-state index in [2.05, 4.69) is 30.4 Å². The molecule has 0 saturated carbocycles. The zero-order valence-electron chi connectivity index (χ0n) is 17.0. The van der Waals surface area contributed by atoms with Crippen molar-refractivity contribution in [3.8, 4) is 17.2 Å². The number of alkyl halides is 3. The molecule has 12 heteroatoms. The number of rotatable bonds is 4. The third-order valence-corrected chi connectivity index (χ3v) is 5.27. The largest absolute Gasteiger partial charge is 0.434 e. The summed E-state index contributed by atoms with van der Waals surface area (Å²) in [6.07, 6.45) is 3.17. The van der Waals surface area contributed by atoms with Gasteiger partial charge in [0.1, 0.15) is 5.69 Å². The molecule has 0 bridgehead atoms. The summed E-state index contributed by atoms with van der Waals surface area (Å²) in [5.74, 6) is -0.609. The highest BCUT2D eigenvalue weighted by atomic mass is 35.5. The summed E-state index contributed by atoms with van der Waals surface area (Å²) < 4.78 is 43.0. The van der Waals surface area contributed by atoms with E-state index in [4.69, 9.17) is 11.6 Å². The first-order valence-corrected chi connectivity index (χ1v) is 10.2. The molecule has 0 unspecified atom stereocenters. The minimum Gasteiger partial charge on any atom is -0.343 e. The average molecular weight is 484 g/mol. The second-order valence-corrected chi connectivity index (χ2v) is 7.55. The van der Waals surface area contributed by atoms with Crippen LogP contribution in [0.25, 0.3) is 28.0 Å². The highest BCUT2D eigenvalue weighted by Gasteiger charge is 2.41. The lowest BCUT2D eigenvalue weighted by molar-refractivity contribution is -0.143. The molecule has 34 heavy (non-hydrogen) atoms. The maximum Gasteiger partial charge on any atom is 0.434 e. The first kappa shape index (κ1) is 21.6. The number of nitrogens with zero attached hydrogens (tertiary/aromatic N) is 5. The molecule has 4 heterocycles. The van der Waals surface area contributed by atoms with Gasteiger partial charge in [0, 0.05) is 29.4 Å². The Labute approximate surface area is 194 Å². The monoisotopic (exact) mass is 483 g/mol. The number of H-pyrrole nitrogens is 1. The lowest BCUT2D eigenvalue weighted by atomic mass is 10.1. The van der Waals surface area contributed by atoms with Crippen molar-refractivity contribution in [2.45, 2.75) is 6.18 Å². The number of carbonyl (C=O) groups is 1. The van der Waals surface area contributed by atoms with Crippen molar-refractivity contribution >= 4 is 34.0 Å². The van der Waals surface area contributed by atoms with Crippen LogP contribution in [0.1, 0.15) is 16.1 Å². The van der Waals surface area contributed by atoms with E-state index in [1.807, 2.05) is 0 Å². The molecule has 1 amide bonds. The molecule has 2 N–H and O–H groups in total. The number of halogens is 4. The number of hydrogen-bond donors (Lipinski definition) is 2. The van der Waals surface area contributed by atoms with E-state index in [-0.39, 0.29) is 16.4 Å². The highest BCUT2D eigenvalue weighted by molar-refractivity contribution is 6.33. The molecule has 0 aliphatic heterocycles. The second-order valence-electron chi connectivity index (χ2n) is 7.14. The van der Waals surface area contributed by atoms with Crippen molar-refractivity contribution in [2.24, 2.45) is 0 Å². The Balaban J connectivity index is 1.53. The number of aromatic nitrogens is 6. The average Bonchev–Trinajstić information content (AvgIpc) is 3.49. The molecule has 170 valence electrons. The van der Waals surface area contributed by atoms with Crippen molar-refractivity contribution in [1.29, 1.82) is 0 Å². The minimum atomic E-state index is -4.88. The normalized spacial score (nSPS) is 11.6. The summed E-state index contributed by atoms with van der Waals surface area (Å²) in [5, 5.41) is 7.56. The maximum absolute atomic E-state index is 14.1. The standard InChI is InChI=1S/C22H13ClF3N7O/c23-16-7-13(9-30-18(16)20-28-5-6-29-20)32-21(34)15-10-31-33(19(15)22(24,25)26)17-11-27-8-12-3-1-2-4-14(12)17/h1-11H,(H,28,29)(H,32,34). The molecule has 0 saturated heterocycles. The van der Waals surface area contributed by atoms with Crippen molar-refractivity contribution in [3.63, 3.8) is 0 Å². The number of pyridine rings is 2. The summed E-state index contributed by atoms with van der Waals surface area (Å²) in [6.45, 7) is 0. The summed E-state index contributed by atoms with van der Waals surface area (Å²) >= 11 is 6.22. The maximum atomic E-state index is 14.1. The van der Waals surface area contributed by atoms with Crippen molar-refractivity contribution in [1.82, 2.24) is 29.7 Å². The highest BCUT2D eigenvalue weighted by Crippen LogP contribution is 2.35. The van der Waals surface area contributed by atoms with Gasteiger partial charge < -0.3 is 10.3 Å². The Bertz CT molecular complexity index is 1510. The van der Waals surface area contributed by atoms with Gasteiger partial charge in [-0.1, -0.05) is 35.9 Å². The first-order valence-electron chi connectivity index (χ1n) is 9.78. The fraction of sp³-hybridized carbons (Fsp3) is 0.0455. The minimum absolute atomic E-state index is 0.0944. The Morgan fingerprint density at radius 3 is 2.65 bits per heavy atom. The third-order valence-electron chi connectivity index (χ3n) is 4.98. The van der Waals surface area contributed by atoms with Crippen LogP contribution in [-0.4, -0.2) is 35.6 Å². The molecule has 5 aromatic rings. The van der Waals surface area contributed by atoms with E-state index >= 15 is 0 Å². The fourth-order valence-electron chi connectivity index (χ4n) is 3.51. The summed E-state index contributed by atoms with van der Waals surface area (Å²) in [5.41, 5.74) is -1.35. The fourth-order valence-corrected chi connectivity index (χ4v) is 3.77. The molecule has 0 spiro atoms.